The highest BCUT2D eigenvalue weighted by Gasteiger charge is 2.17. The number of aromatic nitrogens is 2. The molecule has 1 N–H and O–H groups in total. The van der Waals surface area contributed by atoms with Gasteiger partial charge < -0.3 is 9.88 Å². The van der Waals surface area contributed by atoms with Crippen LogP contribution in [0.15, 0.2) is 77.3 Å². The first kappa shape index (κ1) is 17.8. The summed E-state index contributed by atoms with van der Waals surface area (Å²) in [6.07, 6.45) is 0. The maximum Gasteiger partial charge on any atom is 0.244 e. The summed E-state index contributed by atoms with van der Waals surface area (Å²) in [4.78, 5) is 17.4. The summed E-state index contributed by atoms with van der Waals surface area (Å²) in [5.74, 6) is 0.538. The fourth-order valence-corrected chi connectivity index (χ4v) is 3.61. The van der Waals surface area contributed by atoms with Gasteiger partial charge in [0.25, 0.3) is 0 Å². The molecule has 0 atom stereocenters. The van der Waals surface area contributed by atoms with E-state index in [9.17, 15) is 4.79 Å². The topological polar surface area (TPSA) is 46.9 Å². The van der Waals surface area contributed by atoms with Crippen LogP contribution in [0.4, 0.5) is 5.69 Å². The summed E-state index contributed by atoms with van der Waals surface area (Å²) >= 11 is 9.80. The van der Waals surface area contributed by atoms with Crippen molar-refractivity contribution in [2.45, 2.75) is 6.54 Å². The van der Waals surface area contributed by atoms with E-state index in [0.717, 1.165) is 26.8 Å². The van der Waals surface area contributed by atoms with Crippen molar-refractivity contribution in [3.63, 3.8) is 0 Å². The van der Waals surface area contributed by atoms with Gasteiger partial charge in [0.05, 0.1) is 16.1 Å². The van der Waals surface area contributed by atoms with Crippen molar-refractivity contribution in [2.75, 3.05) is 5.32 Å². The van der Waals surface area contributed by atoms with E-state index in [2.05, 4.69) is 21.2 Å². The Bertz CT molecular complexity index is 1140. The average Bonchev–Trinajstić information content (AvgIpc) is 3.00. The standard InChI is InChI=1S/C21H15BrClN3O/c22-14-6-5-7-15(12-14)24-20(27)13-26-19-11-4-3-10-18(19)25-21(26)16-8-1-2-9-17(16)23/h1-12H,13H2,(H,24,27). The molecule has 0 saturated carbocycles. The number of fused-ring (bicyclic) bond motifs is 1. The lowest BCUT2D eigenvalue weighted by Gasteiger charge is -2.11. The maximum atomic E-state index is 12.7. The molecule has 0 aliphatic heterocycles. The number of halogens is 2. The van der Waals surface area contributed by atoms with E-state index in [1.54, 1.807) is 0 Å². The predicted octanol–water partition coefficient (Wildman–Crippen LogP) is 5.76. The van der Waals surface area contributed by atoms with Crippen LogP contribution in [0.3, 0.4) is 0 Å². The van der Waals surface area contributed by atoms with Gasteiger partial charge in [-0.2, -0.15) is 0 Å². The Balaban J connectivity index is 1.73. The number of para-hydroxylation sites is 2. The molecule has 6 heteroatoms. The lowest BCUT2D eigenvalue weighted by Crippen LogP contribution is -2.19. The Hall–Kier alpha value is -2.63. The molecule has 3 aromatic carbocycles. The fraction of sp³-hybridized carbons (Fsp3) is 0.0476. The summed E-state index contributed by atoms with van der Waals surface area (Å²) in [6, 6.07) is 22.8. The zero-order valence-electron chi connectivity index (χ0n) is 14.2. The van der Waals surface area contributed by atoms with Crippen molar-refractivity contribution in [3.05, 3.63) is 82.3 Å². The van der Waals surface area contributed by atoms with Crippen LogP contribution in [0.1, 0.15) is 0 Å². The number of hydrogen-bond acceptors (Lipinski definition) is 2. The quantitative estimate of drug-likeness (QED) is 0.439. The number of hydrogen-bond donors (Lipinski definition) is 1. The minimum atomic E-state index is -0.135. The van der Waals surface area contributed by atoms with Gasteiger partial charge in [-0.15, -0.1) is 0 Å². The van der Waals surface area contributed by atoms with Gasteiger partial charge in [0.1, 0.15) is 12.4 Å². The highest BCUT2D eigenvalue weighted by molar-refractivity contribution is 9.10. The molecule has 0 saturated heterocycles. The minimum absolute atomic E-state index is 0.133. The third-order valence-electron chi connectivity index (χ3n) is 4.18. The second-order valence-electron chi connectivity index (χ2n) is 6.05. The predicted molar refractivity (Wildman–Crippen MR) is 113 cm³/mol. The summed E-state index contributed by atoms with van der Waals surface area (Å²) < 4.78 is 2.80. The third kappa shape index (κ3) is 3.75. The SMILES string of the molecule is O=C(Cn1c(-c2ccccc2Cl)nc2ccccc21)Nc1cccc(Br)c1. The largest absolute Gasteiger partial charge is 0.324 e. The second-order valence-corrected chi connectivity index (χ2v) is 7.37. The first-order valence-corrected chi connectivity index (χ1v) is 9.54. The van der Waals surface area contributed by atoms with E-state index in [4.69, 9.17) is 16.6 Å². The molecule has 4 nitrogen and oxygen atoms in total. The molecule has 1 aromatic heterocycles. The number of anilines is 1. The molecular formula is C21H15BrClN3O. The number of carbonyl (C=O) groups excluding carboxylic acids is 1. The van der Waals surface area contributed by atoms with Crippen LogP contribution in [0.25, 0.3) is 22.4 Å². The van der Waals surface area contributed by atoms with Gasteiger partial charge >= 0.3 is 0 Å². The third-order valence-corrected chi connectivity index (χ3v) is 5.00. The molecule has 0 fully saturated rings. The molecule has 0 spiro atoms. The second kappa shape index (κ2) is 7.55. The molecule has 134 valence electrons. The molecular weight excluding hydrogens is 426 g/mol. The molecule has 0 unspecified atom stereocenters. The van der Waals surface area contributed by atoms with Gasteiger partial charge in [-0.3, -0.25) is 4.79 Å². The normalized spacial score (nSPS) is 10.9. The molecule has 0 bridgehead atoms. The fourth-order valence-electron chi connectivity index (χ4n) is 2.99. The van der Waals surface area contributed by atoms with Crippen molar-refractivity contribution in [1.82, 2.24) is 9.55 Å². The van der Waals surface area contributed by atoms with Gasteiger partial charge in [-0.05, 0) is 42.5 Å². The average molecular weight is 441 g/mol. The van der Waals surface area contributed by atoms with Gasteiger partial charge in [0.15, 0.2) is 0 Å². The van der Waals surface area contributed by atoms with Gasteiger partial charge in [0, 0.05) is 15.7 Å². The Morgan fingerprint density at radius 1 is 1.04 bits per heavy atom. The summed E-state index contributed by atoms with van der Waals surface area (Å²) in [6.45, 7) is 0.133. The van der Waals surface area contributed by atoms with Crippen LogP contribution in [-0.4, -0.2) is 15.5 Å². The zero-order chi connectivity index (χ0) is 18.8. The van der Waals surface area contributed by atoms with Crippen LogP contribution < -0.4 is 5.32 Å². The molecule has 4 aromatic rings. The monoisotopic (exact) mass is 439 g/mol. The van der Waals surface area contributed by atoms with Crippen LogP contribution >= 0.6 is 27.5 Å². The van der Waals surface area contributed by atoms with E-state index >= 15 is 0 Å². The van der Waals surface area contributed by atoms with Crippen molar-refractivity contribution in [2.24, 2.45) is 0 Å². The van der Waals surface area contributed by atoms with Crippen molar-refractivity contribution in [3.8, 4) is 11.4 Å². The Kier molecular flexibility index (Phi) is 4.97. The number of amides is 1. The lowest BCUT2D eigenvalue weighted by atomic mass is 10.2. The summed E-state index contributed by atoms with van der Waals surface area (Å²) in [7, 11) is 0. The molecule has 0 aliphatic carbocycles. The van der Waals surface area contributed by atoms with E-state index < -0.39 is 0 Å². The highest BCUT2D eigenvalue weighted by atomic mass is 79.9. The van der Waals surface area contributed by atoms with Crippen LogP contribution in [-0.2, 0) is 11.3 Å². The number of nitrogens with one attached hydrogen (secondary N) is 1. The molecule has 27 heavy (non-hydrogen) atoms. The Morgan fingerprint density at radius 3 is 2.63 bits per heavy atom. The van der Waals surface area contributed by atoms with Crippen LogP contribution in [0.2, 0.25) is 5.02 Å². The smallest absolute Gasteiger partial charge is 0.244 e. The minimum Gasteiger partial charge on any atom is -0.324 e. The summed E-state index contributed by atoms with van der Waals surface area (Å²) in [5, 5.41) is 3.53. The van der Waals surface area contributed by atoms with Gasteiger partial charge in [0.2, 0.25) is 5.91 Å². The van der Waals surface area contributed by atoms with Crippen molar-refractivity contribution in [1.29, 1.82) is 0 Å². The molecule has 0 radical (unpaired) electrons. The van der Waals surface area contributed by atoms with E-state index in [1.165, 1.54) is 0 Å². The first-order chi connectivity index (χ1) is 13.1. The van der Waals surface area contributed by atoms with Gasteiger partial charge in [-0.1, -0.05) is 57.9 Å². The summed E-state index contributed by atoms with van der Waals surface area (Å²) in [5.41, 5.74) is 3.24. The molecule has 1 heterocycles. The lowest BCUT2D eigenvalue weighted by molar-refractivity contribution is -0.116. The van der Waals surface area contributed by atoms with Crippen LogP contribution in [0, 0.1) is 0 Å². The molecule has 0 aliphatic rings. The molecule has 1 amide bonds. The van der Waals surface area contributed by atoms with E-state index in [1.807, 2.05) is 77.4 Å². The number of rotatable bonds is 4. The first-order valence-electron chi connectivity index (χ1n) is 8.37. The number of benzene rings is 3. The van der Waals surface area contributed by atoms with Crippen molar-refractivity contribution < 1.29 is 4.79 Å². The zero-order valence-corrected chi connectivity index (χ0v) is 16.5. The van der Waals surface area contributed by atoms with Gasteiger partial charge in [-0.25, -0.2) is 4.98 Å². The number of carbonyl (C=O) groups is 1. The number of nitrogens with zero attached hydrogens (tertiary/aromatic N) is 2. The molecule has 4 rings (SSSR count). The van der Waals surface area contributed by atoms with E-state index in [-0.39, 0.29) is 12.5 Å². The van der Waals surface area contributed by atoms with E-state index in [0.29, 0.717) is 10.8 Å². The maximum absolute atomic E-state index is 12.7. The Morgan fingerprint density at radius 2 is 1.81 bits per heavy atom. The highest BCUT2D eigenvalue weighted by Crippen LogP contribution is 2.30. The van der Waals surface area contributed by atoms with Crippen molar-refractivity contribution >= 4 is 50.2 Å². The Labute approximate surface area is 169 Å². The van der Waals surface area contributed by atoms with Crippen LogP contribution in [0.5, 0.6) is 0 Å². The number of imidazole rings is 1.